The van der Waals surface area contributed by atoms with Crippen LogP contribution >= 0.6 is 0 Å². The van der Waals surface area contributed by atoms with E-state index in [1.54, 1.807) is 40.1 Å². The third-order valence-electron chi connectivity index (χ3n) is 6.23. The summed E-state index contributed by atoms with van der Waals surface area (Å²) in [6.07, 6.45) is 1.24. The number of anilines is 1. The third-order valence-corrected chi connectivity index (χ3v) is 6.23. The van der Waals surface area contributed by atoms with E-state index in [0.29, 0.717) is 69.4 Å². The van der Waals surface area contributed by atoms with Gasteiger partial charge in [0.15, 0.2) is 17.8 Å². The SMILES string of the molecule is O=C(c1ccccc1-c1ocnc1C(=O)N1CCOCC1)N1CCN(c2ccc(F)cc2)CC1. The van der Waals surface area contributed by atoms with Gasteiger partial charge in [0.1, 0.15) is 5.82 Å². The fourth-order valence-corrected chi connectivity index (χ4v) is 4.36. The average molecular weight is 464 g/mol. The zero-order valence-electron chi connectivity index (χ0n) is 18.7. The van der Waals surface area contributed by atoms with Crippen LogP contribution in [0.25, 0.3) is 11.3 Å². The summed E-state index contributed by atoms with van der Waals surface area (Å²) in [6.45, 7) is 4.29. The first-order valence-corrected chi connectivity index (χ1v) is 11.3. The normalized spacial score (nSPS) is 16.6. The Balaban J connectivity index is 1.34. The number of benzene rings is 2. The number of rotatable bonds is 4. The topological polar surface area (TPSA) is 79.1 Å². The van der Waals surface area contributed by atoms with Crippen LogP contribution in [-0.2, 0) is 4.74 Å². The molecule has 0 saturated carbocycles. The maximum atomic E-state index is 13.5. The lowest BCUT2D eigenvalue weighted by Gasteiger charge is -2.36. The van der Waals surface area contributed by atoms with Crippen LogP contribution in [0.5, 0.6) is 0 Å². The number of nitrogens with zero attached hydrogens (tertiary/aromatic N) is 4. The Morgan fingerprint density at radius 3 is 2.24 bits per heavy atom. The summed E-state index contributed by atoms with van der Waals surface area (Å²) in [6, 6.07) is 13.5. The fourth-order valence-electron chi connectivity index (χ4n) is 4.36. The molecular weight excluding hydrogens is 439 g/mol. The Morgan fingerprint density at radius 2 is 1.50 bits per heavy atom. The van der Waals surface area contributed by atoms with Crippen molar-refractivity contribution in [2.75, 3.05) is 57.4 Å². The molecule has 9 heteroatoms. The van der Waals surface area contributed by atoms with Gasteiger partial charge in [-0.2, -0.15) is 0 Å². The van der Waals surface area contributed by atoms with Crippen LogP contribution < -0.4 is 4.90 Å². The van der Waals surface area contributed by atoms with Crippen molar-refractivity contribution in [3.8, 4) is 11.3 Å². The van der Waals surface area contributed by atoms with Gasteiger partial charge in [-0.1, -0.05) is 18.2 Å². The molecule has 0 N–H and O–H groups in total. The predicted octanol–water partition coefficient (Wildman–Crippen LogP) is 2.92. The Hall–Kier alpha value is -3.72. The molecule has 2 fully saturated rings. The Kier molecular flexibility index (Phi) is 6.27. The summed E-state index contributed by atoms with van der Waals surface area (Å²) in [7, 11) is 0. The largest absolute Gasteiger partial charge is 0.443 e. The molecule has 0 aliphatic carbocycles. The number of oxazole rings is 1. The van der Waals surface area contributed by atoms with E-state index in [1.165, 1.54) is 18.5 Å². The molecule has 2 aromatic carbocycles. The number of piperazine rings is 1. The van der Waals surface area contributed by atoms with Crippen molar-refractivity contribution in [1.29, 1.82) is 0 Å². The van der Waals surface area contributed by atoms with Crippen molar-refractivity contribution < 1.29 is 23.1 Å². The lowest BCUT2D eigenvalue weighted by Crippen LogP contribution is -2.48. The van der Waals surface area contributed by atoms with Gasteiger partial charge in [0, 0.05) is 50.5 Å². The van der Waals surface area contributed by atoms with Gasteiger partial charge in [-0.3, -0.25) is 9.59 Å². The molecule has 2 saturated heterocycles. The van der Waals surface area contributed by atoms with Crippen molar-refractivity contribution in [1.82, 2.24) is 14.8 Å². The van der Waals surface area contributed by atoms with Gasteiger partial charge in [0.25, 0.3) is 11.8 Å². The van der Waals surface area contributed by atoms with Gasteiger partial charge in [0.05, 0.1) is 18.8 Å². The van der Waals surface area contributed by atoms with E-state index >= 15 is 0 Å². The van der Waals surface area contributed by atoms with E-state index in [4.69, 9.17) is 9.15 Å². The highest BCUT2D eigenvalue weighted by Gasteiger charge is 2.29. The number of halogens is 1. The van der Waals surface area contributed by atoms with Crippen LogP contribution in [0.1, 0.15) is 20.8 Å². The number of carbonyl (C=O) groups excluding carboxylic acids is 2. The second kappa shape index (κ2) is 9.64. The molecule has 0 radical (unpaired) electrons. The first kappa shape index (κ1) is 22.1. The predicted molar refractivity (Wildman–Crippen MR) is 123 cm³/mol. The quantitative estimate of drug-likeness (QED) is 0.591. The number of aromatic nitrogens is 1. The molecule has 5 rings (SSSR count). The minimum atomic E-state index is -0.270. The van der Waals surface area contributed by atoms with Gasteiger partial charge in [-0.15, -0.1) is 0 Å². The Bertz CT molecular complexity index is 1170. The lowest BCUT2D eigenvalue weighted by atomic mass is 10.0. The zero-order valence-corrected chi connectivity index (χ0v) is 18.7. The number of carbonyl (C=O) groups is 2. The molecule has 176 valence electrons. The van der Waals surface area contributed by atoms with Crippen LogP contribution in [0.3, 0.4) is 0 Å². The van der Waals surface area contributed by atoms with E-state index in [0.717, 1.165) is 5.69 Å². The molecule has 1 aromatic heterocycles. The maximum Gasteiger partial charge on any atom is 0.276 e. The maximum absolute atomic E-state index is 13.5. The van der Waals surface area contributed by atoms with Crippen LogP contribution in [0.2, 0.25) is 0 Å². The molecule has 34 heavy (non-hydrogen) atoms. The number of hydrogen-bond acceptors (Lipinski definition) is 6. The number of morpholine rings is 1. The highest BCUT2D eigenvalue weighted by atomic mass is 19.1. The van der Waals surface area contributed by atoms with Crippen LogP contribution in [0.4, 0.5) is 10.1 Å². The first-order chi connectivity index (χ1) is 16.6. The molecule has 0 spiro atoms. The lowest BCUT2D eigenvalue weighted by molar-refractivity contribution is 0.0299. The standard InChI is InChI=1S/C25H25FN4O4/c26-18-5-7-19(8-6-18)28-9-11-29(12-10-28)24(31)21-4-2-1-3-20(21)23-22(27-17-34-23)25(32)30-13-15-33-16-14-30/h1-8,17H,9-16H2. The smallest absolute Gasteiger partial charge is 0.276 e. The summed E-state index contributed by atoms with van der Waals surface area (Å²) in [5.41, 5.74) is 2.14. The summed E-state index contributed by atoms with van der Waals surface area (Å²) >= 11 is 0. The van der Waals surface area contributed by atoms with Crippen LogP contribution in [0, 0.1) is 5.82 Å². The van der Waals surface area contributed by atoms with Crippen molar-refractivity contribution in [3.63, 3.8) is 0 Å². The van der Waals surface area contributed by atoms with Gasteiger partial charge >= 0.3 is 0 Å². The Labute approximate surface area is 196 Å². The molecule has 2 aliphatic rings. The number of ether oxygens (including phenoxy) is 1. The van der Waals surface area contributed by atoms with E-state index < -0.39 is 0 Å². The molecule has 0 unspecified atom stereocenters. The summed E-state index contributed by atoms with van der Waals surface area (Å²) in [4.78, 5) is 36.3. The average Bonchev–Trinajstić information content (AvgIpc) is 3.39. The summed E-state index contributed by atoms with van der Waals surface area (Å²) < 4.78 is 24.2. The van der Waals surface area contributed by atoms with E-state index in [2.05, 4.69) is 9.88 Å². The van der Waals surface area contributed by atoms with Gasteiger partial charge in [0.2, 0.25) is 0 Å². The van der Waals surface area contributed by atoms with E-state index in [9.17, 15) is 14.0 Å². The number of hydrogen-bond donors (Lipinski definition) is 0. The molecule has 3 aromatic rings. The summed E-state index contributed by atoms with van der Waals surface area (Å²) in [5, 5.41) is 0. The van der Waals surface area contributed by atoms with Gasteiger partial charge in [-0.25, -0.2) is 9.37 Å². The minimum absolute atomic E-state index is 0.129. The molecule has 2 amide bonds. The van der Waals surface area contributed by atoms with Crippen molar-refractivity contribution in [2.45, 2.75) is 0 Å². The molecule has 0 bridgehead atoms. The first-order valence-electron chi connectivity index (χ1n) is 11.3. The monoisotopic (exact) mass is 464 g/mol. The Morgan fingerprint density at radius 1 is 0.824 bits per heavy atom. The molecule has 8 nitrogen and oxygen atoms in total. The highest BCUT2D eigenvalue weighted by molar-refractivity contribution is 6.04. The highest BCUT2D eigenvalue weighted by Crippen LogP contribution is 2.29. The van der Waals surface area contributed by atoms with Crippen LogP contribution in [0.15, 0.2) is 59.3 Å². The molecule has 2 aliphatic heterocycles. The second-order valence-electron chi connectivity index (χ2n) is 8.24. The molecule has 3 heterocycles. The van der Waals surface area contributed by atoms with Crippen molar-refractivity contribution in [2.24, 2.45) is 0 Å². The third kappa shape index (κ3) is 4.38. The van der Waals surface area contributed by atoms with E-state index in [1.807, 2.05) is 6.07 Å². The van der Waals surface area contributed by atoms with Crippen LogP contribution in [-0.4, -0.2) is 79.1 Å². The van der Waals surface area contributed by atoms with Gasteiger partial charge < -0.3 is 23.9 Å². The zero-order chi connectivity index (χ0) is 23.5. The van der Waals surface area contributed by atoms with E-state index in [-0.39, 0.29) is 23.3 Å². The van der Waals surface area contributed by atoms with Crippen molar-refractivity contribution >= 4 is 17.5 Å². The van der Waals surface area contributed by atoms with Gasteiger partial charge in [-0.05, 0) is 30.3 Å². The summed E-state index contributed by atoms with van der Waals surface area (Å²) in [5.74, 6) is -0.337. The molecular formula is C25H25FN4O4. The fraction of sp³-hybridized carbons (Fsp3) is 0.320. The van der Waals surface area contributed by atoms with Crippen molar-refractivity contribution in [3.05, 3.63) is 72.0 Å². The molecule has 0 atom stereocenters. The second-order valence-corrected chi connectivity index (χ2v) is 8.24. The minimum Gasteiger partial charge on any atom is -0.443 e. The number of amides is 2.